The molecule has 3 aromatic rings. The van der Waals surface area contributed by atoms with E-state index in [1.807, 2.05) is 0 Å². The Morgan fingerprint density at radius 2 is 2.05 bits per heavy atom. The summed E-state index contributed by atoms with van der Waals surface area (Å²) < 4.78 is 1.41. The van der Waals surface area contributed by atoms with Crippen LogP contribution in [0.5, 0.6) is 5.75 Å². The van der Waals surface area contributed by atoms with Crippen LogP contribution in [0.1, 0.15) is 10.4 Å². The maximum atomic E-state index is 10.9. The van der Waals surface area contributed by atoms with E-state index in [4.69, 9.17) is 5.11 Å². The third-order valence-electron chi connectivity index (χ3n) is 2.68. The molecule has 0 fully saturated rings. The number of carbonyl (C=O) groups is 1. The molecule has 2 heterocycles. The first-order valence-corrected chi connectivity index (χ1v) is 5.52. The summed E-state index contributed by atoms with van der Waals surface area (Å²) in [5, 5.41) is 22.5. The van der Waals surface area contributed by atoms with Gasteiger partial charge in [0.15, 0.2) is 11.5 Å². The zero-order valence-corrected chi connectivity index (χ0v) is 9.69. The SMILES string of the molecule is O=C(O)c1ccc2nc(-c3cccc(O)c3)nn2c1. The van der Waals surface area contributed by atoms with Crippen molar-refractivity contribution in [3.05, 3.63) is 48.2 Å². The fourth-order valence-electron chi connectivity index (χ4n) is 1.78. The van der Waals surface area contributed by atoms with Crippen LogP contribution < -0.4 is 0 Å². The number of hydrogen-bond donors (Lipinski definition) is 2. The summed E-state index contributed by atoms with van der Waals surface area (Å²) in [6.07, 6.45) is 1.40. The molecule has 6 heteroatoms. The van der Waals surface area contributed by atoms with Gasteiger partial charge in [0, 0.05) is 11.8 Å². The van der Waals surface area contributed by atoms with E-state index in [1.54, 1.807) is 30.3 Å². The highest BCUT2D eigenvalue weighted by Crippen LogP contribution is 2.20. The first-order chi connectivity index (χ1) is 9.13. The first-order valence-electron chi connectivity index (χ1n) is 5.52. The van der Waals surface area contributed by atoms with E-state index < -0.39 is 5.97 Å². The average molecular weight is 255 g/mol. The summed E-state index contributed by atoms with van der Waals surface area (Å²) in [6, 6.07) is 9.63. The number of pyridine rings is 1. The number of rotatable bonds is 2. The Morgan fingerprint density at radius 1 is 1.21 bits per heavy atom. The average Bonchev–Trinajstić information content (AvgIpc) is 2.81. The standard InChI is InChI=1S/C13H9N3O3/c17-10-3-1-2-8(6-10)12-14-11-5-4-9(13(18)19)7-16(11)15-12/h1-7,17H,(H,18,19). The van der Waals surface area contributed by atoms with Crippen molar-refractivity contribution in [3.63, 3.8) is 0 Å². The minimum absolute atomic E-state index is 0.127. The highest BCUT2D eigenvalue weighted by Gasteiger charge is 2.09. The molecule has 19 heavy (non-hydrogen) atoms. The Kier molecular flexibility index (Phi) is 2.42. The lowest BCUT2D eigenvalue weighted by atomic mass is 10.2. The molecule has 0 bridgehead atoms. The predicted octanol–water partition coefficient (Wildman–Crippen LogP) is 1.80. The first kappa shape index (κ1) is 11.2. The number of nitrogens with zero attached hydrogens (tertiary/aromatic N) is 3. The highest BCUT2D eigenvalue weighted by molar-refractivity contribution is 5.87. The van der Waals surface area contributed by atoms with Gasteiger partial charge in [-0.1, -0.05) is 12.1 Å². The van der Waals surface area contributed by atoms with Gasteiger partial charge < -0.3 is 10.2 Å². The largest absolute Gasteiger partial charge is 0.508 e. The fourth-order valence-corrected chi connectivity index (χ4v) is 1.78. The Bertz CT molecular complexity index is 780. The molecule has 0 aliphatic heterocycles. The summed E-state index contributed by atoms with van der Waals surface area (Å²) in [4.78, 5) is 15.1. The quantitative estimate of drug-likeness (QED) is 0.729. The predicted molar refractivity (Wildman–Crippen MR) is 67.0 cm³/mol. The number of aromatic hydroxyl groups is 1. The van der Waals surface area contributed by atoms with Crippen molar-refractivity contribution in [2.24, 2.45) is 0 Å². The lowest BCUT2D eigenvalue weighted by Gasteiger charge is -1.95. The molecule has 2 N–H and O–H groups in total. The molecule has 0 amide bonds. The van der Waals surface area contributed by atoms with Crippen LogP contribution >= 0.6 is 0 Å². The van der Waals surface area contributed by atoms with Crippen molar-refractivity contribution in [2.45, 2.75) is 0 Å². The molecule has 0 spiro atoms. The van der Waals surface area contributed by atoms with Gasteiger partial charge in [0.1, 0.15) is 5.75 Å². The number of aromatic nitrogens is 3. The molecule has 1 aromatic carbocycles. The lowest BCUT2D eigenvalue weighted by Crippen LogP contribution is -1.99. The highest BCUT2D eigenvalue weighted by atomic mass is 16.4. The van der Waals surface area contributed by atoms with Gasteiger partial charge in [-0.05, 0) is 24.3 Å². The van der Waals surface area contributed by atoms with Gasteiger partial charge in [-0.2, -0.15) is 0 Å². The molecule has 0 aliphatic carbocycles. The topological polar surface area (TPSA) is 87.7 Å². The molecule has 0 radical (unpaired) electrons. The molecule has 3 rings (SSSR count). The normalized spacial score (nSPS) is 10.7. The summed E-state index contributed by atoms with van der Waals surface area (Å²) in [5.41, 5.74) is 1.35. The lowest BCUT2D eigenvalue weighted by molar-refractivity contribution is 0.0696. The summed E-state index contributed by atoms with van der Waals surface area (Å²) in [6.45, 7) is 0. The van der Waals surface area contributed by atoms with E-state index in [0.717, 1.165) is 0 Å². The Hall–Kier alpha value is -2.89. The van der Waals surface area contributed by atoms with Crippen molar-refractivity contribution in [2.75, 3.05) is 0 Å². The van der Waals surface area contributed by atoms with Gasteiger partial charge in [0.25, 0.3) is 0 Å². The van der Waals surface area contributed by atoms with Crippen LogP contribution in [0.15, 0.2) is 42.6 Å². The van der Waals surface area contributed by atoms with Crippen LogP contribution in [0.4, 0.5) is 0 Å². The van der Waals surface area contributed by atoms with Crippen molar-refractivity contribution in [3.8, 4) is 17.1 Å². The van der Waals surface area contributed by atoms with Gasteiger partial charge in [0.2, 0.25) is 0 Å². The fraction of sp³-hybridized carbons (Fsp3) is 0. The van der Waals surface area contributed by atoms with Gasteiger partial charge in [-0.3, -0.25) is 0 Å². The second kappa shape index (κ2) is 4.09. The molecule has 2 aromatic heterocycles. The Balaban J connectivity index is 2.14. The van der Waals surface area contributed by atoms with Crippen molar-refractivity contribution in [1.82, 2.24) is 14.6 Å². The molecule has 6 nitrogen and oxygen atoms in total. The Labute approximate surface area is 107 Å². The van der Waals surface area contributed by atoms with E-state index in [-0.39, 0.29) is 11.3 Å². The van der Waals surface area contributed by atoms with Crippen LogP contribution in [0.3, 0.4) is 0 Å². The van der Waals surface area contributed by atoms with Crippen LogP contribution in [0.25, 0.3) is 17.0 Å². The number of hydrogen-bond acceptors (Lipinski definition) is 4. The summed E-state index contributed by atoms with van der Waals surface area (Å²) >= 11 is 0. The van der Waals surface area contributed by atoms with E-state index in [9.17, 15) is 9.90 Å². The van der Waals surface area contributed by atoms with Crippen LogP contribution in [-0.4, -0.2) is 30.8 Å². The number of phenolic OH excluding ortho intramolecular Hbond substituents is 1. The zero-order valence-electron chi connectivity index (χ0n) is 9.69. The number of aromatic carboxylic acids is 1. The van der Waals surface area contributed by atoms with Crippen LogP contribution in [0, 0.1) is 0 Å². The summed E-state index contributed by atoms with van der Waals surface area (Å²) in [7, 11) is 0. The van der Waals surface area contributed by atoms with E-state index in [2.05, 4.69) is 10.1 Å². The molecular weight excluding hydrogens is 246 g/mol. The molecule has 0 aliphatic rings. The summed E-state index contributed by atoms with van der Waals surface area (Å²) in [5.74, 6) is -0.461. The second-order valence-electron chi connectivity index (χ2n) is 4.01. The van der Waals surface area contributed by atoms with Crippen molar-refractivity contribution >= 4 is 11.6 Å². The van der Waals surface area contributed by atoms with Crippen molar-refractivity contribution < 1.29 is 15.0 Å². The minimum atomic E-state index is -1.02. The third kappa shape index (κ3) is 1.99. The number of carboxylic acids is 1. The molecule has 0 saturated heterocycles. The van der Waals surface area contributed by atoms with Gasteiger partial charge in [0.05, 0.1) is 5.56 Å². The number of phenols is 1. The van der Waals surface area contributed by atoms with E-state index in [0.29, 0.717) is 17.0 Å². The number of benzene rings is 1. The van der Waals surface area contributed by atoms with E-state index in [1.165, 1.54) is 16.8 Å². The van der Waals surface area contributed by atoms with Crippen molar-refractivity contribution in [1.29, 1.82) is 0 Å². The maximum Gasteiger partial charge on any atom is 0.337 e. The molecular formula is C13H9N3O3. The van der Waals surface area contributed by atoms with E-state index >= 15 is 0 Å². The number of fused-ring (bicyclic) bond motifs is 1. The van der Waals surface area contributed by atoms with Gasteiger partial charge in [-0.15, -0.1) is 5.10 Å². The van der Waals surface area contributed by atoms with Gasteiger partial charge >= 0.3 is 5.97 Å². The Morgan fingerprint density at radius 3 is 2.79 bits per heavy atom. The molecule has 0 saturated carbocycles. The van der Waals surface area contributed by atoms with Gasteiger partial charge in [-0.25, -0.2) is 14.3 Å². The third-order valence-corrected chi connectivity index (χ3v) is 2.68. The zero-order chi connectivity index (χ0) is 13.4. The second-order valence-corrected chi connectivity index (χ2v) is 4.01. The smallest absolute Gasteiger partial charge is 0.337 e. The molecule has 0 unspecified atom stereocenters. The molecule has 94 valence electrons. The van der Waals surface area contributed by atoms with Crippen LogP contribution in [-0.2, 0) is 0 Å². The number of carboxylic acid groups (broad SMARTS) is 1. The maximum absolute atomic E-state index is 10.9. The monoisotopic (exact) mass is 255 g/mol. The minimum Gasteiger partial charge on any atom is -0.508 e. The van der Waals surface area contributed by atoms with Crippen LogP contribution in [0.2, 0.25) is 0 Å². The molecule has 0 atom stereocenters.